The number of carbonyl (C=O) groups is 3. The van der Waals surface area contributed by atoms with Gasteiger partial charge in [-0.05, 0) is 16.6 Å². The van der Waals surface area contributed by atoms with Gasteiger partial charge < -0.3 is 20.2 Å². The van der Waals surface area contributed by atoms with E-state index in [1.807, 2.05) is 24.3 Å². The zero-order chi connectivity index (χ0) is 27.5. The first kappa shape index (κ1) is 24.9. The van der Waals surface area contributed by atoms with Crippen molar-refractivity contribution >= 4 is 45.8 Å². The number of rotatable bonds is 8. The number of H-pyrrole nitrogens is 1. The van der Waals surface area contributed by atoms with Gasteiger partial charge >= 0.3 is 11.8 Å². The van der Waals surface area contributed by atoms with E-state index < -0.39 is 46.1 Å². The Morgan fingerprint density at radius 3 is 2.74 bits per heavy atom. The Morgan fingerprint density at radius 1 is 1.23 bits per heavy atom. The number of imidazole rings is 1. The van der Waals surface area contributed by atoms with E-state index in [-0.39, 0.29) is 25.3 Å². The maximum Gasteiger partial charge on any atom is 0.342 e. The van der Waals surface area contributed by atoms with Crippen LogP contribution in [0.2, 0.25) is 0 Å². The number of hydrogen-bond donors (Lipinski definition) is 3. The van der Waals surface area contributed by atoms with Crippen LogP contribution in [-0.4, -0.2) is 64.3 Å². The van der Waals surface area contributed by atoms with Crippen molar-refractivity contribution in [1.29, 1.82) is 0 Å². The Hall–Kier alpha value is -4.43. The monoisotopic (exact) mass is 549 g/mol. The number of nitrogens with one attached hydrogen (secondary N) is 2. The standard InChI is InChI=1S/C25H23N7O6S/c1-13-27-12-17(32(37)38)30(13)7-8-31-22(33)18-19(23(31)34)25(24(35)36,29-20(18)21-26-6-9-39-21)10-14-11-28-16-5-3-2-4-15(14)16/h2-6,9,11-12,18-20,28-29H,7-8,10H2,1H3,(H,35,36). The minimum Gasteiger partial charge on any atom is -0.480 e. The van der Waals surface area contributed by atoms with Crippen LogP contribution in [0.25, 0.3) is 10.9 Å². The quantitative estimate of drug-likeness (QED) is 0.169. The number of benzene rings is 1. The Morgan fingerprint density at radius 2 is 2.03 bits per heavy atom. The fourth-order valence-corrected chi connectivity index (χ4v) is 6.71. The van der Waals surface area contributed by atoms with Gasteiger partial charge in [0.15, 0.2) is 5.82 Å². The summed E-state index contributed by atoms with van der Waals surface area (Å²) < 4.78 is 1.32. The minimum atomic E-state index is -1.79. The number of aliphatic carboxylic acids is 1. The zero-order valence-corrected chi connectivity index (χ0v) is 21.4. The average molecular weight is 550 g/mol. The SMILES string of the molecule is Cc1ncc([N+](=O)[O-])n1CCN1C(=O)C2C(c3nccs3)NC(Cc3c[nH]c4ccccc34)(C(=O)O)C2C1=O. The molecule has 0 radical (unpaired) electrons. The second kappa shape index (κ2) is 9.10. The molecule has 5 heterocycles. The van der Waals surface area contributed by atoms with E-state index in [1.54, 1.807) is 24.7 Å². The Balaban J connectivity index is 1.39. The number of nitrogens with zero attached hydrogens (tertiary/aromatic N) is 5. The van der Waals surface area contributed by atoms with Crippen LogP contribution in [0.1, 0.15) is 22.4 Å². The van der Waals surface area contributed by atoms with Crippen molar-refractivity contribution in [2.24, 2.45) is 11.8 Å². The molecule has 0 aliphatic carbocycles. The van der Waals surface area contributed by atoms with Crippen molar-refractivity contribution in [3.8, 4) is 0 Å². The molecule has 39 heavy (non-hydrogen) atoms. The Kier molecular flexibility index (Phi) is 5.80. The molecule has 2 amide bonds. The molecule has 3 aromatic heterocycles. The van der Waals surface area contributed by atoms with Crippen molar-refractivity contribution in [2.75, 3.05) is 6.54 Å². The van der Waals surface area contributed by atoms with E-state index in [4.69, 9.17) is 0 Å². The minimum absolute atomic E-state index is 0.0447. The van der Waals surface area contributed by atoms with E-state index in [0.717, 1.165) is 22.0 Å². The van der Waals surface area contributed by atoms with Gasteiger partial charge in [-0.1, -0.05) is 18.2 Å². The van der Waals surface area contributed by atoms with Crippen LogP contribution in [0.3, 0.4) is 0 Å². The molecule has 0 saturated carbocycles. The third-order valence-electron chi connectivity index (χ3n) is 7.76. The van der Waals surface area contributed by atoms with Crippen LogP contribution in [-0.2, 0) is 27.3 Å². The fraction of sp³-hybridized carbons (Fsp3) is 0.320. The van der Waals surface area contributed by atoms with Crippen LogP contribution in [0.15, 0.2) is 48.2 Å². The van der Waals surface area contributed by atoms with Crippen LogP contribution < -0.4 is 5.32 Å². The number of carboxylic acids is 1. The van der Waals surface area contributed by atoms with Gasteiger partial charge in [-0.15, -0.1) is 11.3 Å². The summed E-state index contributed by atoms with van der Waals surface area (Å²) >= 11 is 1.27. The summed E-state index contributed by atoms with van der Waals surface area (Å²) in [5.41, 5.74) is -0.265. The Bertz CT molecular complexity index is 1630. The van der Waals surface area contributed by atoms with Gasteiger partial charge in [0.25, 0.3) is 0 Å². The number of imide groups is 1. The number of carbonyl (C=O) groups excluding carboxylic acids is 2. The number of aromatic nitrogens is 4. The largest absolute Gasteiger partial charge is 0.480 e. The molecule has 2 aliphatic rings. The highest BCUT2D eigenvalue weighted by molar-refractivity contribution is 7.09. The van der Waals surface area contributed by atoms with Crippen molar-refractivity contribution in [1.82, 2.24) is 29.7 Å². The molecule has 4 unspecified atom stereocenters. The molecule has 0 bridgehead atoms. The molecule has 0 spiro atoms. The van der Waals surface area contributed by atoms with Gasteiger partial charge in [0, 0.05) is 42.0 Å². The molecule has 2 fully saturated rings. The summed E-state index contributed by atoms with van der Waals surface area (Å²) in [7, 11) is 0. The number of likely N-dealkylation sites (tertiary alicyclic amines) is 1. The highest BCUT2D eigenvalue weighted by Crippen LogP contribution is 2.50. The van der Waals surface area contributed by atoms with E-state index in [2.05, 4.69) is 20.3 Å². The molecular formula is C25H23N7O6S. The van der Waals surface area contributed by atoms with Crippen LogP contribution in [0.5, 0.6) is 0 Å². The lowest BCUT2D eigenvalue weighted by Crippen LogP contribution is -2.57. The number of thiazole rings is 1. The molecule has 3 N–H and O–H groups in total. The summed E-state index contributed by atoms with van der Waals surface area (Å²) in [5.74, 6) is -4.49. The first-order chi connectivity index (χ1) is 18.7. The van der Waals surface area contributed by atoms with Gasteiger partial charge in [0.05, 0.1) is 24.4 Å². The summed E-state index contributed by atoms with van der Waals surface area (Å²) in [6.07, 6.45) is 4.37. The zero-order valence-electron chi connectivity index (χ0n) is 20.6. The molecule has 4 aromatic rings. The highest BCUT2D eigenvalue weighted by Gasteiger charge is 2.69. The number of aryl methyl sites for hydroxylation is 1. The summed E-state index contributed by atoms with van der Waals surface area (Å²) in [4.78, 5) is 64.0. The molecule has 2 aliphatic heterocycles. The van der Waals surface area contributed by atoms with Crippen molar-refractivity contribution < 1.29 is 24.4 Å². The van der Waals surface area contributed by atoms with Gasteiger partial charge in [-0.25, -0.2) is 14.5 Å². The van der Waals surface area contributed by atoms with Crippen LogP contribution >= 0.6 is 11.3 Å². The molecule has 1 aromatic carbocycles. The number of nitro groups is 1. The normalized spacial score (nSPS) is 24.5. The van der Waals surface area contributed by atoms with Crippen molar-refractivity contribution in [2.45, 2.75) is 31.5 Å². The maximum absolute atomic E-state index is 13.9. The number of para-hydroxylation sites is 1. The van der Waals surface area contributed by atoms with E-state index in [1.165, 1.54) is 15.9 Å². The summed E-state index contributed by atoms with van der Waals surface area (Å²) in [6, 6.07) is 6.66. The predicted octanol–water partition coefficient (Wildman–Crippen LogP) is 2.05. The lowest BCUT2D eigenvalue weighted by Gasteiger charge is -2.31. The number of hydrogen-bond acceptors (Lipinski definition) is 9. The number of fused-ring (bicyclic) bond motifs is 2. The fourth-order valence-electron chi connectivity index (χ4n) is 5.97. The van der Waals surface area contributed by atoms with Crippen LogP contribution in [0.4, 0.5) is 5.82 Å². The average Bonchev–Trinajstić information content (AvgIpc) is 3.72. The topological polar surface area (TPSA) is 176 Å². The van der Waals surface area contributed by atoms with Gasteiger partial charge in [0.2, 0.25) is 11.8 Å². The summed E-state index contributed by atoms with van der Waals surface area (Å²) in [6.45, 7) is 1.39. The first-order valence-corrected chi connectivity index (χ1v) is 13.1. The first-order valence-electron chi connectivity index (χ1n) is 12.2. The van der Waals surface area contributed by atoms with Crippen LogP contribution in [0, 0.1) is 28.9 Å². The third-order valence-corrected chi connectivity index (χ3v) is 8.62. The highest BCUT2D eigenvalue weighted by atomic mass is 32.1. The number of carboxylic acid groups (broad SMARTS) is 1. The molecule has 6 rings (SSSR count). The van der Waals surface area contributed by atoms with Crippen molar-refractivity contribution in [3.63, 3.8) is 0 Å². The van der Waals surface area contributed by atoms with Crippen molar-refractivity contribution in [3.05, 3.63) is 74.7 Å². The lowest BCUT2D eigenvalue weighted by molar-refractivity contribution is -0.392. The lowest BCUT2D eigenvalue weighted by atomic mass is 9.76. The molecule has 4 atom stereocenters. The molecule has 2 saturated heterocycles. The molecule has 200 valence electrons. The smallest absolute Gasteiger partial charge is 0.342 e. The van der Waals surface area contributed by atoms with Gasteiger partial charge in [-0.3, -0.25) is 24.6 Å². The van der Waals surface area contributed by atoms with Gasteiger partial charge in [-0.2, -0.15) is 0 Å². The van der Waals surface area contributed by atoms with E-state index in [0.29, 0.717) is 16.4 Å². The number of amides is 2. The molecule has 13 nitrogen and oxygen atoms in total. The van der Waals surface area contributed by atoms with E-state index in [9.17, 15) is 29.6 Å². The van der Waals surface area contributed by atoms with E-state index >= 15 is 0 Å². The maximum atomic E-state index is 13.9. The summed E-state index contributed by atoms with van der Waals surface area (Å²) in [5, 5.41) is 28.3. The molecular weight excluding hydrogens is 526 g/mol. The Labute approximate surface area is 224 Å². The molecule has 14 heteroatoms. The second-order valence-electron chi connectivity index (χ2n) is 9.71. The number of aromatic amines is 1. The third kappa shape index (κ3) is 3.74. The predicted molar refractivity (Wildman–Crippen MR) is 138 cm³/mol. The van der Waals surface area contributed by atoms with Gasteiger partial charge in [0.1, 0.15) is 23.3 Å². The second-order valence-corrected chi connectivity index (χ2v) is 10.6.